The van der Waals surface area contributed by atoms with Gasteiger partial charge >= 0.3 is 0 Å². The van der Waals surface area contributed by atoms with Crippen molar-refractivity contribution in [3.8, 4) is 0 Å². The van der Waals surface area contributed by atoms with E-state index in [0.29, 0.717) is 0 Å². The van der Waals surface area contributed by atoms with Crippen molar-refractivity contribution < 1.29 is 0 Å². The van der Waals surface area contributed by atoms with Gasteiger partial charge in [-0.1, -0.05) is 49.4 Å². The lowest BCUT2D eigenvalue weighted by Gasteiger charge is -2.16. The van der Waals surface area contributed by atoms with Crippen molar-refractivity contribution >= 4 is 5.69 Å². The van der Waals surface area contributed by atoms with E-state index in [1.807, 2.05) is 0 Å². The molecule has 2 rings (SSSR count). The van der Waals surface area contributed by atoms with Crippen LogP contribution in [0.1, 0.15) is 23.6 Å². The highest BCUT2D eigenvalue weighted by Gasteiger charge is 2.04. The molecule has 0 amide bonds. The predicted molar refractivity (Wildman–Crippen MR) is 87.0 cm³/mol. The number of rotatable bonds is 6. The molecule has 0 aromatic heterocycles. The average Bonchev–Trinajstić information content (AvgIpc) is 2.46. The Morgan fingerprint density at radius 1 is 0.850 bits per heavy atom. The Morgan fingerprint density at radius 2 is 1.45 bits per heavy atom. The Morgan fingerprint density at radius 3 is 2.10 bits per heavy atom. The van der Waals surface area contributed by atoms with Gasteiger partial charge in [0.1, 0.15) is 0 Å². The van der Waals surface area contributed by atoms with Gasteiger partial charge in [-0.3, -0.25) is 0 Å². The van der Waals surface area contributed by atoms with Gasteiger partial charge in [-0.05, 0) is 43.3 Å². The van der Waals surface area contributed by atoms with Crippen LogP contribution in [0, 0.1) is 0 Å². The average molecular weight is 268 g/mol. The first kappa shape index (κ1) is 14.6. The van der Waals surface area contributed by atoms with E-state index < -0.39 is 0 Å². The molecule has 0 saturated carbocycles. The molecular weight excluding hydrogens is 244 g/mol. The Balaban J connectivity index is 2.11. The molecule has 2 aromatic carbocycles. The van der Waals surface area contributed by atoms with Crippen molar-refractivity contribution in [2.75, 3.05) is 19.4 Å². The van der Waals surface area contributed by atoms with Crippen LogP contribution < -0.4 is 5.32 Å². The molecule has 0 heterocycles. The van der Waals surface area contributed by atoms with Gasteiger partial charge in [-0.25, -0.2) is 0 Å². The molecule has 0 aliphatic heterocycles. The fourth-order valence-electron chi connectivity index (χ4n) is 2.44. The van der Waals surface area contributed by atoms with Crippen LogP contribution in [-0.4, -0.2) is 19.0 Å². The van der Waals surface area contributed by atoms with Gasteiger partial charge in [0, 0.05) is 18.8 Å². The monoisotopic (exact) mass is 268 g/mol. The largest absolute Gasteiger partial charge is 0.381 e. The third-order valence-electron chi connectivity index (χ3n) is 3.47. The summed E-state index contributed by atoms with van der Waals surface area (Å²) >= 11 is 0. The van der Waals surface area contributed by atoms with Crippen molar-refractivity contribution in [2.24, 2.45) is 0 Å². The molecule has 0 aliphatic carbocycles. The van der Waals surface area contributed by atoms with Gasteiger partial charge in [-0.15, -0.1) is 0 Å². The van der Waals surface area contributed by atoms with Crippen molar-refractivity contribution in [1.29, 1.82) is 0 Å². The van der Waals surface area contributed by atoms with Crippen LogP contribution in [0.25, 0.3) is 0 Å². The van der Waals surface area contributed by atoms with Crippen molar-refractivity contribution in [3.05, 3.63) is 65.2 Å². The summed E-state index contributed by atoms with van der Waals surface area (Å²) in [7, 11) is 4.20. The first-order chi connectivity index (χ1) is 9.70. The molecule has 0 unspecified atom stereocenters. The second-order valence-electron chi connectivity index (χ2n) is 5.37. The number of para-hydroxylation sites is 1. The second-order valence-corrected chi connectivity index (χ2v) is 5.37. The molecule has 2 aromatic rings. The van der Waals surface area contributed by atoms with Crippen LogP contribution >= 0.6 is 0 Å². The fourth-order valence-corrected chi connectivity index (χ4v) is 2.44. The lowest BCUT2D eigenvalue weighted by atomic mass is 10.0. The van der Waals surface area contributed by atoms with Crippen molar-refractivity contribution in [2.45, 2.75) is 26.4 Å². The molecule has 2 nitrogen and oxygen atoms in total. The van der Waals surface area contributed by atoms with E-state index in [9.17, 15) is 0 Å². The summed E-state index contributed by atoms with van der Waals surface area (Å²) in [6.07, 6.45) is 1.08. The first-order valence-electron chi connectivity index (χ1n) is 7.24. The van der Waals surface area contributed by atoms with Crippen molar-refractivity contribution in [1.82, 2.24) is 4.90 Å². The molecular formula is C18H24N2. The van der Waals surface area contributed by atoms with E-state index in [1.165, 1.54) is 22.4 Å². The highest BCUT2D eigenvalue weighted by atomic mass is 15.1. The quantitative estimate of drug-likeness (QED) is 0.854. The van der Waals surface area contributed by atoms with Gasteiger partial charge in [0.2, 0.25) is 0 Å². The number of anilines is 1. The van der Waals surface area contributed by atoms with Gasteiger partial charge in [0.25, 0.3) is 0 Å². The van der Waals surface area contributed by atoms with Gasteiger partial charge in [0.15, 0.2) is 0 Å². The van der Waals surface area contributed by atoms with Crippen LogP contribution in [-0.2, 0) is 19.5 Å². The molecule has 0 bridgehead atoms. The zero-order valence-electron chi connectivity index (χ0n) is 12.7. The van der Waals surface area contributed by atoms with Gasteiger partial charge in [0.05, 0.1) is 0 Å². The number of hydrogen-bond donors (Lipinski definition) is 1. The second kappa shape index (κ2) is 7.11. The van der Waals surface area contributed by atoms with Crippen LogP contribution in [0.5, 0.6) is 0 Å². The molecule has 0 saturated heterocycles. The molecule has 106 valence electrons. The number of nitrogens with zero attached hydrogens (tertiary/aromatic N) is 1. The molecule has 0 spiro atoms. The summed E-state index contributed by atoms with van der Waals surface area (Å²) < 4.78 is 0. The molecule has 1 N–H and O–H groups in total. The van der Waals surface area contributed by atoms with Crippen LogP contribution in [0.3, 0.4) is 0 Å². The predicted octanol–water partition coefficient (Wildman–Crippen LogP) is 3.92. The normalized spacial score (nSPS) is 10.8. The number of hydrogen-bond acceptors (Lipinski definition) is 2. The number of nitrogens with one attached hydrogen (secondary N) is 1. The summed E-state index contributed by atoms with van der Waals surface area (Å²) in [6.45, 7) is 4.05. The number of benzene rings is 2. The van der Waals surface area contributed by atoms with Crippen LogP contribution in [0.15, 0.2) is 48.5 Å². The molecule has 0 radical (unpaired) electrons. The SMILES string of the molecule is CCc1ccccc1CNc1ccccc1CN(C)C. The van der Waals surface area contributed by atoms with E-state index in [2.05, 4.69) is 79.8 Å². The molecule has 0 atom stereocenters. The maximum atomic E-state index is 3.58. The van der Waals surface area contributed by atoms with Crippen molar-refractivity contribution in [3.63, 3.8) is 0 Å². The highest BCUT2D eigenvalue weighted by molar-refractivity contribution is 5.51. The van der Waals surface area contributed by atoms with Gasteiger partial charge < -0.3 is 10.2 Å². The zero-order valence-corrected chi connectivity index (χ0v) is 12.7. The summed E-state index contributed by atoms with van der Waals surface area (Å²) in [5, 5.41) is 3.58. The molecule has 20 heavy (non-hydrogen) atoms. The summed E-state index contributed by atoms with van der Waals surface area (Å²) in [4.78, 5) is 2.19. The number of aryl methyl sites for hydroxylation is 1. The fraction of sp³-hybridized carbons (Fsp3) is 0.333. The zero-order chi connectivity index (χ0) is 14.4. The summed E-state index contributed by atoms with van der Waals surface area (Å²) in [6, 6.07) is 17.2. The Bertz CT molecular complexity index is 547. The smallest absolute Gasteiger partial charge is 0.0403 e. The highest BCUT2D eigenvalue weighted by Crippen LogP contribution is 2.18. The maximum absolute atomic E-state index is 3.58. The molecule has 0 aliphatic rings. The Kier molecular flexibility index (Phi) is 5.19. The topological polar surface area (TPSA) is 15.3 Å². The lowest BCUT2D eigenvalue weighted by Crippen LogP contribution is -2.13. The molecule has 2 heteroatoms. The van der Waals surface area contributed by atoms with E-state index in [-0.39, 0.29) is 0 Å². The third kappa shape index (κ3) is 3.84. The summed E-state index contributed by atoms with van der Waals surface area (Å²) in [5.41, 5.74) is 5.37. The maximum Gasteiger partial charge on any atom is 0.0403 e. The van der Waals surface area contributed by atoms with Crippen LogP contribution in [0.2, 0.25) is 0 Å². The van der Waals surface area contributed by atoms with Crippen LogP contribution in [0.4, 0.5) is 5.69 Å². The molecule has 0 fully saturated rings. The Hall–Kier alpha value is -1.80. The first-order valence-corrected chi connectivity index (χ1v) is 7.24. The van der Waals surface area contributed by atoms with E-state index in [4.69, 9.17) is 0 Å². The third-order valence-corrected chi connectivity index (χ3v) is 3.47. The summed E-state index contributed by atoms with van der Waals surface area (Å²) in [5.74, 6) is 0. The minimum absolute atomic E-state index is 0.883. The van der Waals surface area contributed by atoms with E-state index in [0.717, 1.165) is 19.5 Å². The Labute approximate surface area is 122 Å². The van der Waals surface area contributed by atoms with Gasteiger partial charge in [-0.2, -0.15) is 0 Å². The minimum Gasteiger partial charge on any atom is -0.381 e. The van der Waals surface area contributed by atoms with E-state index >= 15 is 0 Å². The van der Waals surface area contributed by atoms with E-state index in [1.54, 1.807) is 0 Å². The minimum atomic E-state index is 0.883. The standard InChI is InChI=1S/C18H24N2/c1-4-15-9-5-6-10-16(15)13-19-18-12-8-7-11-17(18)14-20(2)3/h5-12,19H,4,13-14H2,1-3H3. The lowest BCUT2D eigenvalue weighted by molar-refractivity contribution is 0.403.